The Balaban J connectivity index is 1.11. The van der Waals surface area contributed by atoms with E-state index in [0.29, 0.717) is 49.1 Å². The summed E-state index contributed by atoms with van der Waals surface area (Å²) in [6.07, 6.45) is 12.5. The van der Waals surface area contributed by atoms with E-state index in [4.69, 9.17) is 9.47 Å². The number of allylic oxidation sites excluding steroid dienone is 2. The van der Waals surface area contributed by atoms with Gasteiger partial charge in [0, 0.05) is 18.5 Å². The molecule has 1 N–H and O–H groups in total. The van der Waals surface area contributed by atoms with Crippen molar-refractivity contribution in [3.63, 3.8) is 0 Å². The van der Waals surface area contributed by atoms with Gasteiger partial charge in [-0.1, -0.05) is 60.1 Å². The van der Waals surface area contributed by atoms with Crippen LogP contribution in [0.3, 0.4) is 0 Å². The first-order chi connectivity index (χ1) is 23.2. The second kappa shape index (κ2) is 12.2. The monoisotopic (exact) mass is 672 g/mol. The van der Waals surface area contributed by atoms with Crippen molar-refractivity contribution in [2.75, 3.05) is 13.7 Å². The number of hydrogen-bond donors (Lipinski definition) is 1. The Hall–Kier alpha value is -2.74. The van der Waals surface area contributed by atoms with E-state index in [1.807, 2.05) is 24.3 Å². The largest absolute Gasteiger partial charge is 0.497 e. The van der Waals surface area contributed by atoms with Crippen LogP contribution in [0.25, 0.3) is 11.4 Å². The number of nitrogens with zero attached hydrogens (tertiary/aromatic N) is 4. The number of tetrazole rings is 1. The van der Waals surface area contributed by atoms with Crippen LogP contribution < -0.4 is 4.74 Å². The van der Waals surface area contributed by atoms with Crippen molar-refractivity contribution in [2.45, 2.75) is 125 Å². The molecule has 0 amide bonds. The molecule has 5 aliphatic carbocycles. The Bertz CT molecular complexity index is 1580. The number of esters is 1. The Kier molecular flexibility index (Phi) is 8.64. The van der Waals surface area contributed by atoms with Crippen molar-refractivity contribution in [2.24, 2.45) is 56.7 Å². The summed E-state index contributed by atoms with van der Waals surface area (Å²) in [5, 5.41) is 23.5. The average Bonchev–Trinajstić information content (AvgIpc) is 3.55. The highest BCUT2D eigenvalue weighted by molar-refractivity contribution is 5.79. The summed E-state index contributed by atoms with van der Waals surface area (Å²) in [7, 11) is 1.65. The van der Waals surface area contributed by atoms with E-state index in [0.717, 1.165) is 56.3 Å². The molecule has 4 saturated carbocycles. The number of hydrogen-bond acceptors (Lipinski definition) is 7. The molecule has 1 heterocycles. The maximum Gasteiger partial charge on any atom is 0.312 e. The molecule has 0 radical (unpaired) electrons. The zero-order chi connectivity index (χ0) is 35.0. The van der Waals surface area contributed by atoms with Crippen LogP contribution in [0.5, 0.6) is 5.75 Å². The highest BCUT2D eigenvalue weighted by atomic mass is 16.5. The number of rotatable bonds is 7. The molecule has 0 saturated heterocycles. The van der Waals surface area contributed by atoms with E-state index >= 15 is 0 Å². The third-order valence-corrected chi connectivity index (χ3v) is 16.0. The molecule has 0 aliphatic heterocycles. The second-order valence-corrected chi connectivity index (χ2v) is 18.1. The minimum atomic E-state index is -0.457. The van der Waals surface area contributed by atoms with E-state index < -0.39 is 5.41 Å². The van der Waals surface area contributed by atoms with Crippen molar-refractivity contribution >= 4 is 5.97 Å². The Morgan fingerprint density at radius 2 is 1.71 bits per heavy atom. The summed E-state index contributed by atoms with van der Waals surface area (Å²) < 4.78 is 13.4. The van der Waals surface area contributed by atoms with Crippen LogP contribution in [0, 0.1) is 56.7 Å². The number of methoxy groups -OCH3 is 1. The SMILES string of the molecule is COc1ccc(-c2nnnn2CCCOC(=O)[C@]23CC[C@@H](C)[C@H](C)[C@H]2C2=CC[C@@H]4[C@@]5(C)CC[C@H](O)C(C)(C)[C@@H]5CC[C@@]4(C)[C@]2(C)CC3)cc1. The summed E-state index contributed by atoms with van der Waals surface area (Å²) in [5.41, 5.74) is 2.42. The molecule has 7 rings (SSSR count). The normalized spacial score (nSPS) is 41.0. The number of carbonyl (C=O) groups excluding carboxylic acids is 1. The van der Waals surface area contributed by atoms with Gasteiger partial charge in [-0.3, -0.25) is 4.79 Å². The van der Waals surface area contributed by atoms with E-state index in [2.05, 4.69) is 70.1 Å². The van der Waals surface area contributed by atoms with E-state index in [1.54, 1.807) is 17.4 Å². The molecule has 10 atom stereocenters. The lowest BCUT2D eigenvalue weighted by molar-refractivity contribution is -0.207. The van der Waals surface area contributed by atoms with Crippen LogP contribution >= 0.6 is 0 Å². The van der Waals surface area contributed by atoms with Crippen LogP contribution in [-0.2, 0) is 16.1 Å². The predicted octanol–water partition coefficient (Wildman–Crippen LogP) is 8.30. The zero-order valence-corrected chi connectivity index (χ0v) is 31.3. The average molecular weight is 673 g/mol. The van der Waals surface area contributed by atoms with Crippen molar-refractivity contribution in [1.82, 2.24) is 20.2 Å². The highest BCUT2D eigenvalue weighted by Crippen LogP contribution is 2.75. The van der Waals surface area contributed by atoms with Gasteiger partial charge >= 0.3 is 5.97 Å². The van der Waals surface area contributed by atoms with Crippen molar-refractivity contribution < 1.29 is 19.4 Å². The molecule has 8 heteroatoms. The number of benzene rings is 1. The minimum Gasteiger partial charge on any atom is -0.497 e. The molecular weight excluding hydrogens is 612 g/mol. The van der Waals surface area contributed by atoms with Gasteiger partial charge in [-0.05, 0) is 144 Å². The molecular formula is C41H60N4O4. The minimum absolute atomic E-state index is 0.0113. The lowest BCUT2D eigenvalue weighted by Gasteiger charge is -2.71. The molecule has 0 unspecified atom stereocenters. The molecule has 1 aromatic carbocycles. The van der Waals surface area contributed by atoms with Gasteiger partial charge in [0.2, 0.25) is 0 Å². The number of fused-ring (bicyclic) bond motifs is 7. The molecule has 8 nitrogen and oxygen atoms in total. The van der Waals surface area contributed by atoms with Gasteiger partial charge in [0.1, 0.15) is 5.75 Å². The van der Waals surface area contributed by atoms with Crippen molar-refractivity contribution in [3.05, 3.63) is 35.9 Å². The van der Waals surface area contributed by atoms with Gasteiger partial charge in [-0.15, -0.1) is 5.10 Å². The molecule has 49 heavy (non-hydrogen) atoms. The fourth-order valence-corrected chi connectivity index (χ4v) is 12.7. The standard InChI is InChI=1S/C41H60N4O4/c1-26-16-21-41(36(47)49-25-9-24-45-35(42-43-44-45)28-10-12-29(48-8)13-11-28)23-22-39(6)30(34(41)27(26)2)14-15-32-38(5)19-18-33(46)37(3,4)31(38)17-20-40(32,39)7/h10-14,26-27,31-34,46H,9,15-25H2,1-8H3/t26-,27+,31+,32-,33+,34+,38+,39-,40-,41+/m1/s1. The Morgan fingerprint density at radius 1 is 0.959 bits per heavy atom. The third-order valence-electron chi connectivity index (χ3n) is 16.0. The Morgan fingerprint density at radius 3 is 2.45 bits per heavy atom. The number of aliphatic hydroxyl groups is 1. The second-order valence-electron chi connectivity index (χ2n) is 18.1. The number of ether oxygens (including phenoxy) is 2. The van der Waals surface area contributed by atoms with E-state index in [-0.39, 0.29) is 39.7 Å². The molecule has 0 bridgehead atoms. The summed E-state index contributed by atoms with van der Waals surface area (Å²) in [6, 6.07) is 7.72. The number of aryl methyl sites for hydroxylation is 1. The van der Waals surface area contributed by atoms with E-state index in [1.165, 1.54) is 12.8 Å². The third kappa shape index (κ3) is 5.07. The summed E-state index contributed by atoms with van der Waals surface area (Å²) in [6.45, 7) is 18.1. The van der Waals surface area contributed by atoms with Gasteiger partial charge in [-0.25, -0.2) is 4.68 Å². The topological polar surface area (TPSA) is 99.4 Å². The van der Waals surface area contributed by atoms with Crippen LogP contribution in [0.1, 0.15) is 113 Å². The van der Waals surface area contributed by atoms with Gasteiger partial charge in [0.15, 0.2) is 5.82 Å². The van der Waals surface area contributed by atoms with E-state index in [9.17, 15) is 9.90 Å². The number of aromatic nitrogens is 4. The maximum absolute atomic E-state index is 14.5. The Labute approximate surface area is 293 Å². The molecule has 1 aromatic heterocycles. The smallest absolute Gasteiger partial charge is 0.312 e. The highest BCUT2D eigenvalue weighted by Gasteiger charge is 2.69. The first-order valence-corrected chi connectivity index (χ1v) is 19.2. The lowest BCUT2D eigenvalue weighted by Crippen LogP contribution is -2.65. The lowest BCUT2D eigenvalue weighted by atomic mass is 9.33. The molecule has 5 aliphatic rings. The van der Waals surface area contributed by atoms with Crippen molar-refractivity contribution in [1.29, 1.82) is 0 Å². The first kappa shape index (κ1) is 34.7. The van der Waals surface area contributed by atoms with Gasteiger partial charge in [0.25, 0.3) is 0 Å². The molecule has 2 aromatic rings. The number of carbonyl (C=O) groups is 1. The quantitative estimate of drug-likeness (QED) is 0.179. The van der Waals surface area contributed by atoms with Crippen LogP contribution in [0.15, 0.2) is 35.9 Å². The fourth-order valence-electron chi connectivity index (χ4n) is 12.7. The predicted molar refractivity (Wildman–Crippen MR) is 190 cm³/mol. The summed E-state index contributed by atoms with van der Waals surface area (Å²) >= 11 is 0. The zero-order valence-electron chi connectivity index (χ0n) is 31.3. The van der Waals surface area contributed by atoms with Gasteiger partial charge < -0.3 is 14.6 Å². The summed E-state index contributed by atoms with van der Waals surface area (Å²) in [5.74, 6) is 3.84. The van der Waals surface area contributed by atoms with Crippen LogP contribution in [0.4, 0.5) is 0 Å². The molecule has 268 valence electrons. The number of aliphatic hydroxyl groups excluding tert-OH is 1. The summed E-state index contributed by atoms with van der Waals surface area (Å²) in [4.78, 5) is 14.5. The first-order valence-electron chi connectivity index (χ1n) is 19.2. The van der Waals surface area contributed by atoms with Crippen molar-refractivity contribution in [3.8, 4) is 17.1 Å². The fraction of sp³-hybridized carbons (Fsp3) is 0.756. The molecule has 4 fully saturated rings. The van der Waals surface area contributed by atoms with Crippen LogP contribution in [0.2, 0.25) is 0 Å². The molecule has 0 spiro atoms. The van der Waals surface area contributed by atoms with Crippen LogP contribution in [-0.4, -0.2) is 51.1 Å². The van der Waals surface area contributed by atoms with Gasteiger partial charge in [0.05, 0.1) is 25.2 Å². The maximum atomic E-state index is 14.5. The van der Waals surface area contributed by atoms with Gasteiger partial charge in [-0.2, -0.15) is 0 Å².